The number of ether oxygens (including phenoxy) is 1. The highest BCUT2D eigenvalue weighted by atomic mass is 16.5. The van der Waals surface area contributed by atoms with Crippen molar-refractivity contribution in [2.75, 3.05) is 6.61 Å². The molecular weight excluding hydrogens is 216 g/mol. The lowest BCUT2D eigenvalue weighted by atomic mass is 10.1. The summed E-state index contributed by atoms with van der Waals surface area (Å²) < 4.78 is 4.68. The van der Waals surface area contributed by atoms with Crippen LogP contribution in [0, 0.1) is 11.8 Å². The van der Waals surface area contributed by atoms with E-state index < -0.39 is 5.97 Å². The summed E-state index contributed by atoms with van der Waals surface area (Å²) in [5.74, 6) is 4.54. The first-order chi connectivity index (χ1) is 8.26. The van der Waals surface area contributed by atoms with Crippen LogP contribution in [0.1, 0.15) is 18.1 Å². The Morgan fingerprint density at radius 2 is 2.06 bits per heavy atom. The van der Waals surface area contributed by atoms with E-state index in [4.69, 9.17) is 0 Å². The lowest BCUT2D eigenvalue weighted by molar-refractivity contribution is -0.136. The smallest absolute Gasteiger partial charge is 0.384 e. The van der Waals surface area contributed by atoms with Crippen molar-refractivity contribution in [2.24, 2.45) is 0 Å². The summed E-state index contributed by atoms with van der Waals surface area (Å²) >= 11 is 0. The Morgan fingerprint density at radius 1 is 1.35 bits per heavy atom. The first-order valence-electron chi connectivity index (χ1n) is 5.17. The van der Waals surface area contributed by atoms with Crippen LogP contribution in [0.5, 0.6) is 0 Å². The van der Waals surface area contributed by atoms with Crippen molar-refractivity contribution < 1.29 is 14.3 Å². The van der Waals surface area contributed by atoms with Gasteiger partial charge in [0, 0.05) is 11.5 Å². The molecule has 3 heteroatoms. The standard InChI is InChI=1S/C14H12O3/c1-2-17-14(16)10-9-13-7-5-12(6-8-13)4-3-11-15/h3-8,11H,2H2,1H3/b4-3+. The van der Waals surface area contributed by atoms with E-state index in [1.807, 2.05) is 12.1 Å². The number of carbonyl (C=O) groups is 2. The normalized spacial score (nSPS) is 9.47. The van der Waals surface area contributed by atoms with Gasteiger partial charge in [-0.15, -0.1) is 0 Å². The molecule has 0 saturated heterocycles. The van der Waals surface area contributed by atoms with Crippen molar-refractivity contribution in [2.45, 2.75) is 6.92 Å². The molecule has 0 spiro atoms. The van der Waals surface area contributed by atoms with E-state index in [0.29, 0.717) is 12.9 Å². The minimum Gasteiger partial charge on any atom is -0.456 e. The fourth-order valence-corrected chi connectivity index (χ4v) is 1.12. The highest BCUT2D eigenvalue weighted by molar-refractivity contribution is 5.89. The monoisotopic (exact) mass is 228 g/mol. The molecule has 0 radical (unpaired) electrons. The van der Waals surface area contributed by atoms with Gasteiger partial charge in [-0.05, 0) is 30.7 Å². The number of allylic oxidation sites excluding steroid dienone is 1. The van der Waals surface area contributed by atoms with Crippen LogP contribution in [-0.2, 0) is 14.3 Å². The first-order valence-corrected chi connectivity index (χ1v) is 5.17. The van der Waals surface area contributed by atoms with E-state index in [1.54, 1.807) is 25.1 Å². The van der Waals surface area contributed by atoms with Crippen LogP contribution in [0.3, 0.4) is 0 Å². The lowest BCUT2D eigenvalue weighted by Gasteiger charge is -1.93. The maximum atomic E-state index is 11.0. The number of hydrogen-bond donors (Lipinski definition) is 0. The Bertz CT molecular complexity index is 472. The van der Waals surface area contributed by atoms with Crippen molar-refractivity contribution >= 4 is 18.3 Å². The van der Waals surface area contributed by atoms with Crippen LogP contribution in [0.15, 0.2) is 30.3 Å². The molecule has 0 aliphatic heterocycles. The minimum absolute atomic E-state index is 0.322. The van der Waals surface area contributed by atoms with Gasteiger partial charge in [0.25, 0.3) is 0 Å². The van der Waals surface area contributed by atoms with Crippen molar-refractivity contribution in [1.82, 2.24) is 0 Å². The number of benzene rings is 1. The molecule has 0 bridgehead atoms. The van der Waals surface area contributed by atoms with E-state index in [0.717, 1.165) is 11.1 Å². The zero-order valence-electron chi connectivity index (χ0n) is 9.47. The first kappa shape index (κ1) is 12.7. The molecule has 0 aromatic heterocycles. The molecule has 0 unspecified atom stereocenters. The van der Waals surface area contributed by atoms with Crippen LogP contribution < -0.4 is 0 Å². The second-order valence-electron chi connectivity index (χ2n) is 3.09. The van der Waals surface area contributed by atoms with Gasteiger partial charge in [-0.25, -0.2) is 4.79 Å². The number of rotatable bonds is 3. The van der Waals surface area contributed by atoms with E-state index in [9.17, 15) is 9.59 Å². The SMILES string of the molecule is CCOC(=O)C#Cc1ccc(/C=C/C=O)cc1. The fourth-order valence-electron chi connectivity index (χ4n) is 1.12. The fraction of sp³-hybridized carbons (Fsp3) is 0.143. The van der Waals surface area contributed by atoms with Gasteiger partial charge in [0.15, 0.2) is 0 Å². The summed E-state index contributed by atoms with van der Waals surface area (Å²) in [4.78, 5) is 21.1. The summed E-state index contributed by atoms with van der Waals surface area (Å²) in [6.45, 7) is 2.05. The average Bonchev–Trinajstić information content (AvgIpc) is 2.35. The minimum atomic E-state index is -0.530. The molecule has 0 aliphatic carbocycles. The zero-order chi connectivity index (χ0) is 12.5. The topological polar surface area (TPSA) is 43.4 Å². The Morgan fingerprint density at radius 3 is 2.65 bits per heavy atom. The molecule has 0 aliphatic rings. The molecule has 0 heterocycles. The van der Waals surface area contributed by atoms with Crippen LogP contribution in [0.25, 0.3) is 6.08 Å². The van der Waals surface area contributed by atoms with Crippen molar-refractivity contribution in [3.05, 3.63) is 41.5 Å². The number of hydrogen-bond acceptors (Lipinski definition) is 3. The third-order valence-corrected chi connectivity index (χ3v) is 1.86. The van der Waals surface area contributed by atoms with Crippen molar-refractivity contribution in [1.29, 1.82) is 0 Å². The molecule has 0 amide bonds. The van der Waals surface area contributed by atoms with E-state index in [1.165, 1.54) is 6.08 Å². The summed E-state index contributed by atoms with van der Waals surface area (Å²) in [6.07, 6.45) is 3.82. The molecule has 17 heavy (non-hydrogen) atoms. The summed E-state index contributed by atoms with van der Waals surface area (Å²) in [5.41, 5.74) is 1.63. The maximum absolute atomic E-state index is 11.0. The highest BCUT2D eigenvalue weighted by Crippen LogP contribution is 2.04. The van der Waals surface area contributed by atoms with Gasteiger partial charge in [0.1, 0.15) is 6.29 Å². The third-order valence-electron chi connectivity index (χ3n) is 1.86. The second-order valence-corrected chi connectivity index (χ2v) is 3.09. The molecule has 1 aromatic carbocycles. The largest absolute Gasteiger partial charge is 0.456 e. The Balaban J connectivity index is 2.71. The molecule has 0 atom stereocenters. The van der Waals surface area contributed by atoms with Crippen LogP contribution in [-0.4, -0.2) is 18.9 Å². The van der Waals surface area contributed by atoms with E-state index in [2.05, 4.69) is 16.6 Å². The molecule has 1 aromatic rings. The zero-order valence-corrected chi connectivity index (χ0v) is 9.47. The van der Waals surface area contributed by atoms with Gasteiger partial charge in [-0.2, -0.15) is 0 Å². The average molecular weight is 228 g/mol. The predicted octanol–water partition coefficient (Wildman–Crippen LogP) is 1.81. The van der Waals surface area contributed by atoms with Crippen LogP contribution in [0.4, 0.5) is 0 Å². The Kier molecular flexibility index (Phi) is 5.26. The summed E-state index contributed by atoms with van der Waals surface area (Å²) in [7, 11) is 0. The van der Waals surface area contributed by atoms with Crippen LogP contribution in [0.2, 0.25) is 0 Å². The van der Waals surface area contributed by atoms with E-state index in [-0.39, 0.29) is 0 Å². The molecule has 0 saturated carbocycles. The number of aldehydes is 1. The lowest BCUT2D eigenvalue weighted by Crippen LogP contribution is -1.99. The quantitative estimate of drug-likeness (QED) is 0.343. The Labute approximate surface area is 100 Å². The van der Waals surface area contributed by atoms with Crippen LogP contribution >= 0.6 is 0 Å². The Hall–Kier alpha value is -2.34. The summed E-state index contributed by atoms with van der Waals surface area (Å²) in [6, 6.07) is 7.18. The molecule has 3 nitrogen and oxygen atoms in total. The van der Waals surface area contributed by atoms with Gasteiger partial charge in [0.2, 0.25) is 0 Å². The van der Waals surface area contributed by atoms with Gasteiger partial charge in [0.05, 0.1) is 6.61 Å². The number of esters is 1. The van der Waals surface area contributed by atoms with Crippen molar-refractivity contribution in [3.8, 4) is 11.8 Å². The summed E-state index contributed by atoms with van der Waals surface area (Å²) in [5, 5.41) is 0. The molecule has 0 N–H and O–H groups in total. The third kappa shape index (κ3) is 4.80. The van der Waals surface area contributed by atoms with Gasteiger partial charge >= 0.3 is 5.97 Å². The maximum Gasteiger partial charge on any atom is 0.384 e. The highest BCUT2D eigenvalue weighted by Gasteiger charge is 1.93. The van der Waals surface area contributed by atoms with Gasteiger partial charge in [-0.3, -0.25) is 4.79 Å². The van der Waals surface area contributed by atoms with Crippen molar-refractivity contribution in [3.63, 3.8) is 0 Å². The number of carbonyl (C=O) groups excluding carboxylic acids is 2. The van der Waals surface area contributed by atoms with Gasteiger partial charge in [-0.1, -0.05) is 24.1 Å². The molecular formula is C14H12O3. The molecule has 86 valence electrons. The molecule has 0 fully saturated rings. The predicted molar refractivity (Wildman–Crippen MR) is 65.1 cm³/mol. The second kappa shape index (κ2) is 7.02. The molecule has 1 rings (SSSR count). The van der Waals surface area contributed by atoms with Gasteiger partial charge < -0.3 is 4.74 Å². The van der Waals surface area contributed by atoms with E-state index >= 15 is 0 Å².